The van der Waals surface area contributed by atoms with E-state index in [0.717, 1.165) is 0 Å². The van der Waals surface area contributed by atoms with Crippen molar-refractivity contribution in [2.75, 3.05) is 6.61 Å². The Hall–Kier alpha value is -0.610. The predicted octanol–water partition coefficient (Wildman–Crippen LogP) is 2.69. The van der Waals surface area contributed by atoms with Gasteiger partial charge in [-0.25, -0.2) is 4.79 Å². The van der Waals surface area contributed by atoms with Gasteiger partial charge in [0.05, 0.1) is 24.0 Å². The van der Waals surface area contributed by atoms with Gasteiger partial charge in [-0.05, 0) is 50.4 Å². The summed E-state index contributed by atoms with van der Waals surface area (Å²) in [6, 6.07) is 0. The molecule has 8 nitrogen and oxygen atoms in total. The number of esters is 1. The molecule has 0 aromatic heterocycles. The second-order valence-corrected chi connectivity index (χ2v) is 10.4. The van der Waals surface area contributed by atoms with Gasteiger partial charge in [-0.2, -0.15) is 34.8 Å². The molecule has 4 aliphatic carbocycles. The van der Waals surface area contributed by atoms with E-state index in [2.05, 4.69) is 4.74 Å². The molecule has 0 amide bonds. The van der Waals surface area contributed by atoms with E-state index in [4.69, 9.17) is 14.4 Å². The third-order valence-electron chi connectivity index (χ3n) is 6.43. The average molecular weight is 521 g/mol. The number of alkyl halides is 6. The van der Waals surface area contributed by atoms with Crippen LogP contribution in [-0.4, -0.2) is 89.1 Å². The first-order valence-electron chi connectivity index (χ1n) is 9.56. The van der Waals surface area contributed by atoms with Crippen molar-refractivity contribution < 1.29 is 63.5 Å². The van der Waals surface area contributed by atoms with Crippen molar-refractivity contribution >= 4 is 51.6 Å². The average Bonchev–Trinajstić information content (AvgIpc) is 2.58. The van der Waals surface area contributed by atoms with Gasteiger partial charge in [-0.15, -0.1) is 0 Å². The van der Waals surface area contributed by atoms with Crippen LogP contribution >= 0.6 is 0 Å². The van der Waals surface area contributed by atoms with Gasteiger partial charge in [0, 0.05) is 29.6 Å². The van der Waals surface area contributed by atoms with Crippen LogP contribution in [0.25, 0.3) is 0 Å². The van der Waals surface area contributed by atoms with Gasteiger partial charge in [-0.3, -0.25) is 9.35 Å². The van der Waals surface area contributed by atoms with Gasteiger partial charge < -0.3 is 14.6 Å². The smallest absolute Gasteiger partial charge is 0.456 e. The fourth-order valence-corrected chi connectivity index (χ4v) is 6.09. The number of carbonyl (C=O) groups excluding carboxylic acids is 1. The Bertz CT molecular complexity index is 897. The van der Waals surface area contributed by atoms with Crippen molar-refractivity contribution in [2.24, 2.45) is 17.3 Å². The molecule has 33 heavy (non-hydrogen) atoms. The second-order valence-electron chi connectivity index (χ2n) is 8.93. The molecule has 2 atom stereocenters. The molecule has 0 aromatic rings. The van der Waals surface area contributed by atoms with E-state index in [1.54, 1.807) is 0 Å². The molecule has 0 spiro atoms. The summed E-state index contributed by atoms with van der Waals surface area (Å²) in [4.78, 5) is 23.5. The van der Waals surface area contributed by atoms with Crippen molar-refractivity contribution in [3.63, 3.8) is 0 Å². The van der Waals surface area contributed by atoms with E-state index >= 15 is 0 Å². The summed E-state index contributed by atoms with van der Waals surface area (Å²) >= 11 is 0. The molecule has 4 rings (SSSR count). The Balaban J connectivity index is 0.00000385. The molecule has 2 unspecified atom stereocenters. The zero-order valence-corrected chi connectivity index (χ0v) is 20.1. The largest absolute Gasteiger partial charge is 0.475 e. The van der Waals surface area contributed by atoms with Crippen LogP contribution in [0.1, 0.15) is 44.9 Å². The fraction of sp³-hybridized carbons (Fsp3) is 0.882. The number of halogens is 6. The molecular weight excluding hydrogens is 501 g/mol. The molecule has 1 radical (unpaired) electrons. The fourth-order valence-electron chi connectivity index (χ4n) is 5.61. The number of aliphatic carboxylic acids is 1. The minimum atomic E-state index is -6.44. The molecule has 2 N–H and O–H groups in total. The number of rotatable bonds is 9. The molecule has 0 heterocycles. The minimum Gasteiger partial charge on any atom is -0.475 e. The second kappa shape index (κ2) is 8.80. The first-order valence-corrected chi connectivity index (χ1v) is 11.0. The zero-order chi connectivity index (χ0) is 24.4. The van der Waals surface area contributed by atoms with Gasteiger partial charge in [0.15, 0.2) is 0 Å². The Kier molecular flexibility index (Phi) is 7.64. The van der Waals surface area contributed by atoms with E-state index in [1.807, 2.05) is 0 Å². The standard InChI is InChI=1S/C17H20F6O8S.Na/c18-15(19,17(22,23)32(27,28)29)1-2-30-12(26)13-4-9-3-10(5-13)7-14(6-9,8-13)31-16(20,21)11(24)25;/h9-10H,1-8H2,(H,24,25)(H,27,28,29);. The Labute approximate surface area is 206 Å². The number of carbonyl (C=O) groups is 2. The molecular formula is C17H20F6NaO8S. The molecule has 4 saturated carbocycles. The SMILES string of the molecule is O=C(OCCC(F)(F)C(F)(F)S(=O)(=O)O)C12CC3CC(CC(OC(F)(F)C(=O)O)(C3)C1)C2.[Na]. The Morgan fingerprint density at radius 2 is 1.52 bits per heavy atom. The van der Waals surface area contributed by atoms with Crippen LogP contribution in [0.2, 0.25) is 0 Å². The normalized spacial score (nSPS) is 31.7. The first-order chi connectivity index (χ1) is 14.3. The van der Waals surface area contributed by atoms with Crippen molar-refractivity contribution in [3.05, 3.63) is 0 Å². The maximum atomic E-state index is 13.8. The molecule has 0 aliphatic heterocycles. The molecule has 4 fully saturated rings. The van der Waals surface area contributed by atoms with E-state index in [9.17, 15) is 44.3 Å². The van der Waals surface area contributed by atoms with Crippen LogP contribution in [0.15, 0.2) is 0 Å². The monoisotopic (exact) mass is 521 g/mol. The van der Waals surface area contributed by atoms with E-state index in [-0.39, 0.29) is 73.5 Å². The molecule has 16 heteroatoms. The maximum absolute atomic E-state index is 13.8. The summed E-state index contributed by atoms with van der Waals surface area (Å²) in [7, 11) is -6.44. The Morgan fingerprint density at radius 3 is 1.97 bits per heavy atom. The Morgan fingerprint density at radius 1 is 1.00 bits per heavy atom. The van der Waals surface area contributed by atoms with Crippen molar-refractivity contribution in [2.45, 2.75) is 67.8 Å². The van der Waals surface area contributed by atoms with Gasteiger partial charge in [-0.1, -0.05) is 0 Å². The summed E-state index contributed by atoms with van der Waals surface area (Å²) in [5, 5.41) is 2.86. The number of carboxylic acid groups (broad SMARTS) is 1. The number of hydrogen-bond donors (Lipinski definition) is 2. The van der Waals surface area contributed by atoms with E-state index in [1.165, 1.54) is 0 Å². The molecule has 0 aromatic carbocycles. The number of hydrogen-bond acceptors (Lipinski definition) is 6. The third kappa shape index (κ3) is 5.17. The summed E-state index contributed by atoms with van der Waals surface area (Å²) in [5.41, 5.74) is -3.09. The van der Waals surface area contributed by atoms with Crippen molar-refractivity contribution in [3.8, 4) is 0 Å². The van der Waals surface area contributed by atoms with Gasteiger partial charge in [0.25, 0.3) is 0 Å². The van der Waals surface area contributed by atoms with Crippen molar-refractivity contribution in [1.82, 2.24) is 0 Å². The first kappa shape index (κ1) is 28.6. The molecule has 4 aliphatic rings. The predicted molar refractivity (Wildman–Crippen MR) is 96.3 cm³/mol. The molecule has 185 valence electrons. The topological polar surface area (TPSA) is 127 Å². The van der Waals surface area contributed by atoms with Crippen LogP contribution in [0.4, 0.5) is 26.3 Å². The van der Waals surface area contributed by atoms with Gasteiger partial charge in [0.2, 0.25) is 0 Å². The van der Waals surface area contributed by atoms with Gasteiger partial charge in [0.1, 0.15) is 0 Å². The van der Waals surface area contributed by atoms with Gasteiger partial charge >= 0.3 is 39.3 Å². The zero-order valence-electron chi connectivity index (χ0n) is 17.3. The van der Waals surface area contributed by atoms with Crippen LogP contribution in [0.3, 0.4) is 0 Å². The maximum Gasteiger partial charge on any atom is 0.456 e. The minimum absolute atomic E-state index is 0. The number of carboxylic acids is 1. The summed E-state index contributed by atoms with van der Waals surface area (Å²) in [6.45, 7) is -1.33. The van der Waals surface area contributed by atoms with Crippen LogP contribution in [0, 0.1) is 17.3 Å². The van der Waals surface area contributed by atoms with Crippen LogP contribution in [0.5, 0.6) is 0 Å². The van der Waals surface area contributed by atoms with Crippen LogP contribution in [-0.2, 0) is 29.2 Å². The third-order valence-corrected chi connectivity index (χ3v) is 7.38. The number of ether oxygens (including phenoxy) is 2. The molecule has 0 saturated heterocycles. The summed E-state index contributed by atoms with van der Waals surface area (Å²) in [5.74, 6) is -9.47. The summed E-state index contributed by atoms with van der Waals surface area (Å²) < 4.78 is 120. The van der Waals surface area contributed by atoms with Crippen LogP contribution < -0.4 is 0 Å². The summed E-state index contributed by atoms with van der Waals surface area (Å²) in [6.07, 6.45) is -5.80. The van der Waals surface area contributed by atoms with E-state index < -0.39 is 63.4 Å². The molecule has 4 bridgehead atoms. The van der Waals surface area contributed by atoms with Crippen molar-refractivity contribution in [1.29, 1.82) is 0 Å². The quantitative estimate of drug-likeness (QED) is 0.205. The van der Waals surface area contributed by atoms with E-state index in [0.29, 0.717) is 6.42 Å².